The number of furan rings is 1. The van der Waals surface area contributed by atoms with E-state index >= 15 is 0 Å². The van der Waals surface area contributed by atoms with E-state index in [0.29, 0.717) is 6.04 Å². The summed E-state index contributed by atoms with van der Waals surface area (Å²) >= 11 is 0. The first-order valence-corrected chi connectivity index (χ1v) is 7.12. The molecule has 4 nitrogen and oxygen atoms in total. The van der Waals surface area contributed by atoms with E-state index in [0.717, 1.165) is 29.6 Å². The highest BCUT2D eigenvalue weighted by Gasteiger charge is 2.21. The van der Waals surface area contributed by atoms with Gasteiger partial charge in [0.15, 0.2) is 0 Å². The average Bonchev–Trinajstić information content (AvgIpc) is 3.13. The van der Waals surface area contributed by atoms with Gasteiger partial charge in [0, 0.05) is 30.0 Å². The summed E-state index contributed by atoms with van der Waals surface area (Å²) in [7, 11) is 0. The van der Waals surface area contributed by atoms with Gasteiger partial charge in [0.05, 0.1) is 18.0 Å². The van der Waals surface area contributed by atoms with Crippen molar-refractivity contribution in [3.05, 3.63) is 53.6 Å². The fraction of sp³-hybridized carbons (Fsp3) is 0.312. The summed E-state index contributed by atoms with van der Waals surface area (Å²) in [6, 6.07) is 8.94. The predicted molar refractivity (Wildman–Crippen MR) is 77.3 cm³/mol. The number of hydrogen-bond acceptors (Lipinski definition) is 3. The van der Waals surface area contributed by atoms with E-state index in [-0.39, 0.29) is 0 Å². The molecule has 1 aromatic carbocycles. The van der Waals surface area contributed by atoms with E-state index in [1.807, 2.05) is 6.20 Å². The lowest BCUT2D eigenvalue weighted by atomic mass is 9.93. The number of aromatic amines is 1. The van der Waals surface area contributed by atoms with Crippen LogP contribution in [0.4, 0.5) is 0 Å². The van der Waals surface area contributed by atoms with Gasteiger partial charge < -0.3 is 9.73 Å². The second-order valence-corrected chi connectivity index (χ2v) is 5.42. The number of nitrogens with zero attached hydrogens (tertiary/aromatic N) is 1. The lowest BCUT2D eigenvalue weighted by molar-refractivity contribution is 0.411. The van der Waals surface area contributed by atoms with E-state index < -0.39 is 0 Å². The molecule has 0 radical (unpaired) electrons. The van der Waals surface area contributed by atoms with Gasteiger partial charge in [-0.2, -0.15) is 5.10 Å². The fourth-order valence-electron chi connectivity index (χ4n) is 3.03. The van der Waals surface area contributed by atoms with Crippen LogP contribution in [0.1, 0.15) is 35.8 Å². The van der Waals surface area contributed by atoms with Gasteiger partial charge in [0.1, 0.15) is 5.76 Å². The first-order chi connectivity index (χ1) is 9.90. The molecule has 3 aromatic rings. The number of aromatic nitrogens is 2. The third kappa shape index (κ3) is 2.02. The van der Waals surface area contributed by atoms with E-state index in [4.69, 9.17) is 4.42 Å². The second kappa shape index (κ2) is 4.80. The Morgan fingerprint density at radius 1 is 1.35 bits per heavy atom. The number of fused-ring (bicyclic) bond motifs is 2. The highest BCUT2D eigenvalue weighted by molar-refractivity contribution is 5.78. The average molecular weight is 267 g/mol. The normalized spacial score (nSPS) is 18.3. The molecule has 1 atom stereocenters. The highest BCUT2D eigenvalue weighted by Crippen LogP contribution is 2.30. The van der Waals surface area contributed by atoms with Gasteiger partial charge in [-0.05, 0) is 30.5 Å². The summed E-state index contributed by atoms with van der Waals surface area (Å²) < 4.78 is 5.53. The zero-order valence-electron chi connectivity index (χ0n) is 11.2. The largest absolute Gasteiger partial charge is 0.469 e. The van der Waals surface area contributed by atoms with E-state index in [2.05, 4.69) is 39.8 Å². The Morgan fingerprint density at radius 2 is 2.35 bits per heavy atom. The van der Waals surface area contributed by atoms with Crippen molar-refractivity contribution in [3.63, 3.8) is 0 Å². The highest BCUT2D eigenvalue weighted by atomic mass is 16.3. The summed E-state index contributed by atoms with van der Waals surface area (Å²) in [5, 5.41) is 11.9. The lowest BCUT2D eigenvalue weighted by Crippen LogP contribution is -2.23. The lowest BCUT2D eigenvalue weighted by Gasteiger charge is -2.22. The van der Waals surface area contributed by atoms with Crippen LogP contribution in [0.5, 0.6) is 0 Å². The first kappa shape index (κ1) is 11.7. The van der Waals surface area contributed by atoms with Crippen LogP contribution < -0.4 is 5.32 Å². The topological polar surface area (TPSA) is 53.9 Å². The molecule has 20 heavy (non-hydrogen) atoms. The second-order valence-electron chi connectivity index (χ2n) is 5.42. The van der Waals surface area contributed by atoms with E-state index in [1.54, 1.807) is 6.26 Å². The summed E-state index contributed by atoms with van der Waals surface area (Å²) in [6.45, 7) is 0.865. The molecule has 4 rings (SSSR count). The molecule has 0 fully saturated rings. The van der Waals surface area contributed by atoms with E-state index in [1.165, 1.54) is 24.0 Å². The van der Waals surface area contributed by atoms with E-state index in [9.17, 15) is 0 Å². The van der Waals surface area contributed by atoms with Crippen molar-refractivity contribution in [3.8, 4) is 0 Å². The number of benzene rings is 1. The quantitative estimate of drug-likeness (QED) is 0.765. The van der Waals surface area contributed by atoms with Crippen molar-refractivity contribution < 1.29 is 4.42 Å². The van der Waals surface area contributed by atoms with Gasteiger partial charge in [-0.15, -0.1) is 0 Å². The number of hydrogen-bond donors (Lipinski definition) is 2. The SMILES string of the molecule is c1cc2c(o1)CCCC2NCc1ccc2cn[nH]c2c1. The zero-order valence-corrected chi connectivity index (χ0v) is 11.2. The molecular formula is C16H17N3O. The van der Waals surface area contributed by atoms with Gasteiger partial charge >= 0.3 is 0 Å². The molecule has 0 saturated heterocycles. The molecule has 0 saturated carbocycles. The Kier molecular flexibility index (Phi) is 2.81. The van der Waals surface area contributed by atoms with Crippen LogP contribution in [-0.2, 0) is 13.0 Å². The van der Waals surface area contributed by atoms with Gasteiger partial charge in [-0.1, -0.05) is 12.1 Å². The first-order valence-electron chi connectivity index (χ1n) is 7.12. The summed E-state index contributed by atoms with van der Waals surface area (Å²) in [5.41, 5.74) is 3.70. The number of rotatable bonds is 3. The molecule has 4 heteroatoms. The molecule has 2 heterocycles. The fourth-order valence-corrected chi connectivity index (χ4v) is 3.03. The van der Waals surface area contributed by atoms with Crippen molar-refractivity contribution in [1.29, 1.82) is 0 Å². The van der Waals surface area contributed by atoms with Crippen LogP contribution in [0, 0.1) is 0 Å². The molecule has 0 amide bonds. The molecule has 0 bridgehead atoms. The predicted octanol–water partition coefficient (Wildman–Crippen LogP) is 3.32. The monoisotopic (exact) mass is 267 g/mol. The van der Waals surface area contributed by atoms with Crippen LogP contribution in [-0.4, -0.2) is 10.2 Å². The molecule has 1 aliphatic carbocycles. The Balaban J connectivity index is 1.51. The molecule has 0 aliphatic heterocycles. The van der Waals surface area contributed by atoms with Gasteiger partial charge in [0.25, 0.3) is 0 Å². The Labute approximate surface area is 117 Å². The number of H-pyrrole nitrogens is 1. The maximum absolute atomic E-state index is 5.53. The summed E-state index contributed by atoms with van der Waals surface area (Å²) in [6.07, 6.45) is 7.10. The van der Waals surface area contributed by atoms with Gasteiger partial charge in [-0.25, -0.2) is 0 Å². The third-order valence-corrected chi connectivity index (χ3v) is 4.11. The van der Waals surface area contributed by atoms with Crippen LogP contribution >= 0.6 is 0 Å². The van der Waals surface area contributed by atoms with Crippen LogP contribution in [0.25, 0.3) is 10.9 Å². The van der Waals surface area contributed by atoms with Crippen molar-refractivity contribution in [2.75, 3.05) is 0 Å². The smallest absolute Gasteiger partial charge is 0.108 e. The molecule has 0 spiro atoms. The molecule has 2 aromatic heterocycles. The Hall–Kier alpha value is -2.07. The van der Waals surface area contributed by atoms with Crippen LogP contribution in [0.2, 0.25) is 0 Å². The molecular weight excluding hydrogens is 250 g/mol. The summed E-state index contributed by atoms with van der Waals surface area (Å²) in [4.78, 5) is 0. The minimum absolute atomic E-state index is 0.412. The standard InChI is InChI=1S/C16H17N3O/c1-2-14(13-6-7-20-16(13)3-1)17-9-11-4-5-12-10-18-19-15(12)8-11/h4-8,10,14,17H,1-3,9H2,(H,18,19). The van der Waals surface area contributed by atoms with Crippen molar-refractivity contribution in [2.24, 2.45) is 0 Å². The molecule has 2 N–H and O–H groups in total. The summed E-state index contributed by atoms with van der Waals surface area (Å²) in [5.74, 6) is 1.15. The zero-order chi connectivity index (χ0) is 13.4. The maximum atomic E-state index is 5.53. The van der Waals surface area contributed by atoms with Crippen LogP contribution in [0.3, 0.4) is 0 Å². The number of aryl methyl sites for hydroxylation is 1. The Bertz CT molecular complexity index is 728. The van der Waals surface area contributed by atoms with Gasteiger partial charge in [-0.3, -0.25) is 5.10 Å². The van der Waals surface area contributed by atoms with Gasteiger partial charge in [0.2, 0.25) is 0 Å². The maximum Gasteiger partial charge on any atom is 0.108 e. The van der Waals surface area contributed by atoms with Crippen molar-refractivity contribution in [1.82, 2.24) is 15.5 Å². The Morgan fingerprint density at radius 3 is 3.35 bits per heavy atom. The number of nitrogens with one attached hydrogen (secondary N) is 2. The molecule has 1 aliphatic rings. The van der Waals surface area contributed by atoms with Crippen molar-refractivity contribution in [2.45, 2.75) is 31.8 Å². The molecule has 1 unspecified atom stereocenters. The van der Waals surface area contributed by atoms with Crippen LogP contribution in [0.15, 0.2) is 41.1 Å². The van der Waals surface area contributed by atoms with Crippen molar-refractivity contribution >= 4 is 10.9 Å². The minimum Gasteiger partial charge on any atom is -0.469 e. The minimum atomic E-state index is 0.412. The third-order valence-electron chi connectivity index (χ3n) is 4.11. The molecule has 102 valence electrons.